The van der Waals surface area contributed by atoms with Crippen molar-refractivity contribution >= 4 is 11.5 Å². The summed E-state index contributed by atoms with van der Waals surface area (Å²) in [7, 11) is 2.00. The van der Waals surface area contributed by atoms with Crippen molar-refractivity contribution < 1.29 is 4.74 Å². The van der Waals surface area contributed by atoms with E-state index in [1.807, 2.05) is 24.6 Å². The number of aryl methyl sites for hydroxylation is 1. The number of hydrogen-bond acceptors (Lipinski definition) is 6. The summed E-state index contributed by atoms with van der Waals surface area (Å²) in [5.41, 5.74) is 0.784. The van der Waals surface area contributed by atoms with Crippen LogP contribution in [0.25, 0.3) is 5.65 Å². The number of aromatic nitrogens is 4. The lowest BCUT2D eigenvalue weighted by Crippen LogP contribution is -2.44. The summed E-state index contributed by atoms with van der Waals surface area (Å²) >= 11 is 0. The van der Waals surface area contributed by atoms with E-state index in [4.69, 9.17) is 4.74 Å². The number of nitrogens with one attached hydrogen (secondary N) is 1. The fraction of sp³-hybridized carbons (Fsp3) is 0.583. The predicted octanol–water partition coefficient (Wildman–Crippen LogP) is -0.143. The third kappa shape index (κ3) is 2.39. The van der Waals surface area contributed by atoms with Gasteiger partial charge in [-0.2, -0.15) is 0 Å². The van der Waals surface area contributed by atoms with Crippen LogP contribution in [0.1, 0.15) is 5.82 Å². The quantitative estimate of drug-likeness (QED) is 0.830. The maximum atomic E-state index is 5.71. The molecule has 7 nitrogen and oxygen atoms in total. The number of hydrogen-bond donors (Lipinski definition) is 1. The average molecular weight is 262 g/mol. The Kier molecular flexibility index (Phi) is 3.31. The smallest absolute Gasteiger partial charge is 0.203 e. The molecule has 1 unspecified atom stereocenters. The fourth-order valence-electron chi connectivity index (χ4n) is 2.33. The van der Waals surface area contributed by atoms with E-state index in [0.29, 0.717) is 0 Å². The Bertz CT molecular complexity index is 562. The number of fused-ring (bicyclic) bond motifs is 1. The van der Waals surface area contributed by atoms with Gasteiger partial charge in [0.2, 0.25) is 5.65 Å². The van der Waals surface area contributed by atoms with E-state index < -0.39 is 0 Å². The molecule has 102 valence electrons. The Hall–Kier alpha value is -1.73. The van der Waals surface area contributed by atoms with Gasteiger partial charge in [-0.3, -0.25) is 4.40 Å². The first kappa shape index (κ1) is 12.3. The lowest BCUT2D eigenvalue weighted by molar-refractivity contribution is 0.0339. The molecule has 0 bridgehead atoms. The van der Waals surface area contributed by atoms with E-state index in [1.165, 1.54) is 0 Å². The largest absolute Gasteiger partial charge is 0.374 e. The first-order valence-corrected chi connectivity index (χ1v) is 6.45. The Balaban J connectivity index is 1.82. The van der Waals surface area contributed by atoms with Crippen molar-refractivity contribution in [3.8, 4) is 0 Å². The van der Waals surface area contributed by atoms with Crippen molar-refractivity contribution in [2.24, 2.45) is 0 Å². The molecule has 19 heavy (non-hydrogen) atoms. The highest BCUT2D eigenvalue weighted by Crippen LogP contribution is 2.16. The summed E-state index contributed by atoms with van der Waals surface area (Å²) in [4.78, 5) is 6.48. The Morgan fingerprint density at radius 1 is 1.53 bits per heavy atom. The molecule has 0 saturated carbocycles. The van der Waals surface area contributed by atoms with Crippen LogP contribution in [0.4, 0.5) is 5.82 Å². The highest BCUT2D eigenvalue weighted by atomic mass is 16.5. The van der Waals surface area contributed by atoms with E-state index in [-0.39, 0.29) is 6.10 Å². The molecule has 1 N–H and O–H groups in total. The minimum absolute atomic E-state index is 0.185. The molecule has 1 saturated heterocycles. The van der Waals surface area contributed by atoms with Gasteiger partial charge in [-0.1, -0.05) is 0 Å². The number of likely N-dealkylation sites (N-methyl/N-ethyl adjacent to an activating group) is 1. The van der Waals surface area contributed by atoms with Crippen LogP contribution in [0.2, 0.25) is 0 Å². The van der Waals surface area contributed by atoms with Crippen molar-refractivity contribution in [3.63, 3.8) is 0 Å². The summed E-state index contributed by atoms with van der Waals surface area (Å²) in [5.74, 6) is 1.69. The van der Waals surface area contributed by atoms with Crippen molar-refractivity contribution in [1.29, 1.82) is 0 Å². The van der Waals surface area contributed by atoms with Gasteiger partial charge in [0.15, 0.2) is 5.82 Å². The van der Waals surface area contributed by atoms with Crippen molar-refractivity contribution in [2.45, 2.75) is 13.0 Å². The van der Waals surface area contributed by atoms with Crippen molar-refractivity contribution in [1.82, 2.24) is 24.9 Å². The summed E-state index contributed by atoms with van der Waals surface area (Å²) in [5, 5.41) is 11.6. The summed E-state index contributed by atoms with van der Waals surface area (Å²) in [6.07, 6.45) is 3.83. The molecule has 0 amide bonds. The minimum Gasteiger partial charge on any atom is -0.374 e. The Labute approximate surface area is 111 Å². The van der Waals surface area contributed by atoms with Gasteiger partial charge >= 0.3 is 0 Å². The van der Waals surface area contributed by atoms with Crippen LogP contribution in [-0.4, -0.2) is 59.0 Å². The molecule has 0 spiro atoms. The van der Waals surface area contributed by atoms with Gasteiger partial charge < -0.3 is 15.0 Å². The van der Waals surface area contributed by atoms with Crippen LogP contribution in [0.3, 0.4) is 0 Å². The normalized spacial score (nSPS) is 19.8. The summed E-state index contributed by atoms with van der Waals surface area (Å²) in [6, 6.07) is 0. The highest BCUT2D eigenvalue weighted by molar-refractivity contribution is 5.63. The molecule has 2 aromatic rings. The van der Waals surface area contributed by atoms with Gasteiger partial charge in [0.1, 0.15) is 5.82 Å². The van der Waals surface area contributed by atoms with Crippen LogP contribution in [0.15, 0.2) is 12.4 Å². The molecule has 3 heterocycles. The molecular weight excluding hydrogens is 244 g/mol. The number of rotatable bonds is 3. The monoisotopic (exact) mass is 262 g/mol. The van der Waals surface area contributed by atoms with E-state index in [1.54, 1.807) is 6.20 Å². The highest BCUT2D eigenvalue weighted by Gasteiger charge is 2.18. The van der Waals surface area contributed by atoms with Gasteiger partial charge in [0.05, 0.1) is 12.7 Å². The number of morpholine rings is 1. The molecule has 1 fully saturated rings. The van der Waals surface area contributed by atoms with Crippen LogP contribution >= 0.6 is 0 Å². The molecule has 0 aliphatic carbocycles. The molecule has 2 aromatic heterocycles. The van der Waals surface area contributed by atoms with Gasteiger partial charge in [-0.15, -0.1) is 10.2 Å². The van der Waals surface area contributed by atoms with Crippen LogP contribution in [0, 0.1) is 6.92 Å². The molecule has 1 aliphatic heterocycles. The topological polar surface area (TPSA) is 67.6 Å². The molecule has 7 heteroatoms. The summed E-state index contributed by atoms with van der Waals surface area (Å²) in [6.45, 7) is 5.28. The standard InChI is InChI=1S/C12H18N6O/c1-9-15-16-12-11(14-3-5-18(9)12)17(2)8-10-7-13-4-6-19-10/h3,5,10,13H,4,6-8H2,1-2H3. The first-order valence-electron chi connectivity index (χ1n) is 6.45. The van der Waals surface area contributed by atoms with Crippen LogP contribution in [-0.2, 0) is 4.74 Å². The maximum absolute atomic E-state index is 5.71. The molecule has 0 aromatic carbocycles. The Morgan fingerprint density at radius 3 is 3.21 bits per heavy atom. The number of anilines is 1. The van der Waals surface area contributed by atoms with Gasteiger partial charge in [-0.25, -0.2) is 4.98 Å². The second kappa shape index (κ2) is 5.10. The number of nitrogens with zero attached hydrogens (tertiary/aromatic N) is 5. The lowest BCUT2D eigenvalue weighted by atomic mass is 10.3. The van der Waals surface area contributed by atoms with Crippen molar-refractivity contribution in [2.75, 3.05) is 38.2 Å². The zero-order valence-electron chi connectivity index (χ0n) is 11.2. The summed E-state index contributed by atoms with van der Waals surface area (Å²) < 4.78 is 7.66. The van der Waals surface area contributed by atoms with E-state index in [2.05, 4.69) is 25.4 Å². The lowest BCUT2D eigenvalue weighted by Gasteiger charge is -2.28. The minimum atomic E-state index is 0.185. The second-order valence-corrected chi connectivity index (χ2v) is 4.77. The van der Waals surface area contributed by atoms with Gasteiger partial charge in [0.25, 0.3) is 0 Å². The van der Waals surface area contributed by atoms with E-state index in [0.717, 1.165) is 43.5 Å². The second-order valence-electron chi connectivity index (χ2n) is 4.77. The van der Waals surface area contributed by atoms with E-state index in [9.17, 15) is 0 Å². The third-order valence-electron chi connectivity index (χ3n) is 3.32. The zero-order valence-corrected chi connectivity index (χ0v) is 11.2. The molecule has 1 aliphatic rings. The van der Waals surface area contributed by atoms with Crippen LogP contribution < -0.4 is 10.2 Å². The first-order chi connectivity index (χ1) is 9.25. The SMILES string of the molecule is Cc1nnc2c(N(C)CC3CNCCO3)nccn12. The Morgan fingerprint density at radius 2 is 2.42 bits per heavy atom. The molecule has 1 atom stereocenters. The average Bonchev–Trinajstić information content (AvgIpc) is 2.82. The van der Waals surface area contributed by atoms with Crippen molar-refractivity contribution in [3.05, 3.63) is 18.2 Å². The molecule has 3 rings (SSSR count). The molecular formula is C12H18N6O. The zero-order chi connectivity index (χ0) is 13.2. The van der Waals surface area contributed by atoms with E-state index >= 15 is 0 Å². The third-order valence-corrected chi connectivity index (χ3v) is 3.32. The predicted molar refractivity (Wildman–Crippen MR) is 71.4 cm³/mol. The number of ether oxygens (including phenoxy) is 1. The fourth-order valence-corrected chi connectivity index (χ4v) is 2.33. The van der Waals surface area contributed by atoms with Gasteiger partial charge in [-0.05, 0) is 6.92 Å². The molecule has 0 radical (unpaired) electrons. The maximum Gasteiger partial charge on any atom is 0.203 e. The van der Waals surface area contributed by atoms with Crippen LogP contribution in [0.5, 0.6) is 0 Å². The van der Waals surface area contributed by atoms with Gasteiger partial charge in [0, 0.05) is 39.1 Å².